The molecule has 0 bridgehead atoms. The number of rotatable bonds is 4. The van der Waals surface area contributed by atoms with Crippen LogP contribution in [-0.4, -0.2) is 26.5 Å². The topological polar surface area (TPSA) is 42.3 Å². The van der Waals surface area contributed by atoms with E-state index in [1.165, 1.54) is 6.21 Å². The lowest BCUT2D eigenvalue weighted by atomic mass is 10.2. The molecule has 0 heterocycles. The molecule has 4 heteroatoms. The number of halogens is 1. The van der Waals surface area contributed by atoms with E-state index in [0.717, 1.165) is 6.61 Å². The van der Waals surface area contributed by atoms with Crippen molar-refractivity contribution in [2.45, 2.75) is 13.8 Å². The summed E-state index contributed by atoms with van der Waals surface area (Å²) in [6.45, 7) is 5.28. The summed E-state index contributed by atoms with van der Waals surface area (Å²) in [6, 6.07) is 5.23. The standard InChI is InChI=1S/C9H10ClNO.C3H8O/c1-2-12-9-4-3-8(10)5-7(9)6-11;1-3-4-2/h3-6,11H,2H2,1H3;3H2,1-2H3. The second kappa shape index (κ2) is 9.19. The molecule has 0 spiro atoms. The Morgan fingerprint density at radius 1 is 1.31 bits per heavy atom. The second-order valence-electron chi connectivity index (χ2n) is 2.84. The van der Waals surface area contributed by atoms with Crippen molar-refractivity contribution in [1.29, 1.82) is 5.41 Å². The summed E-state index contributed by atoms with van der Waals surface area (Å²) < 4.78 is 9.81. The van der Waals surface area contributed by atoms with Gasteiger partial charge in [0.05, 0.1) is 6.61 Å². The molecule has 0 amide bonds. The molecular formula is C12H18ClNO2. The van der Waals surface area contributed by atoms with E-state index in [1.54, 1.807) is 25.3 Å². The summed E-state index contributed by atoms with van der Waals surface area (Å²) in [7, 11) is 1.68. The van der Waals surface area contributed by atoms with Crippen LogP contribution in [0.4, 0.5) is 0 Å². The zero-order valence-electron chi connectivity index (χ0n) is 9.92. The Bertz CT molecular complexity index is 314. The summed E-state index contributed by atoms with van der Waals surface area (Å²) in [5, 5.41) is 7.72. The van der Waals surface area contributed by atoms with Crippen LogP contribution >= 0.6 is 11.6 Å². The maximum absolute atomic E-state index is 7.10. The van der Waals surface area contributed by atoms with Gasteiger partial charge in [-0.3, -0.25) is 0 Å². The first-order chi connectivity index (χ1) is 7.69. The molecule has 0 aromatic heterocycles. The molecule has 0 aliphatic carbocycles. The third kappa shape index (κ3) is 5.73. The lowest BCUT2D eigenvalue weighted by Crippen LogP contribution is -1.95. The molecule has 3 nitrogen and oxygen atoms in total. The van der Waals surface area contributed by atoms with Crippen LogP contribution in [0.1, 0.15) is 19.4 Å². The smallest absolute Gasteiger partial charge is 0.128 e. The lowest BCUT2D eigenvalue weighted by Gasteiger charge is -2.05. The highest BCUT2D eigenvalue weighted by Gasteiger charge is 2.00. The summed E-state index contributed by atoms with van der Waals surface area (Å²) in [5.74, 6) is 0.705. The van der Waals surface area contributed by atoms with Crippen molar-refractivity contribution < 1.29 is 9.47 Å². The maximum Gasteiger partial charge on any atom is 0.128 e. The lowest BCUT2D eigenvalue weighted by molar-refractivity contribution is 0.215. The van der Waals surface area contributed by atoms with E-state index >= 15 is 0 Å². The molecule has 0 saturated heterocycles. The Morgan fingerprint density at radius 2 is 1.94 bits per heavy atom. The van der Waals surface area contributed by atoms with E-state index in [-0.39, 0.29) is 0 Å². The maximum atomic E-state index is 7.10. The summed E-state index contributed by atoms with van der Waals surface area (Å²) in [5.41, 5.74) is 0.712. The third-order valence-electron chi connectivity index (χ3n) is 1.72. The highest BCUT2D eigenvalue weighted by atomic mass is 35.5. The molecule has 16 heavy (non-hydrogen) atoms. The van der Waals surface area contributed by atoms with Crippen molar-refractivity contribution in [1.82, 2.24) is 0 Å². The Hall–Kier alpha value is -1.06. The summed E-state index contributed by atoms with van der Waals surface area (Å²) in [6.07, 6.45) is 1.23. The van der Waals surface area contributed by atoms with Crippen molar-refractivity contribution in [2.75, 3.05) is 20.3 Å². The van der Waals surface area contributed by atoms with Gasteiger partial charge < -0.3 is 14.9 Å². The van der Waals surface area contributed by atoms with Gasteiger partial charge in [0.15, 0.2) is 0 Å². The predicted octanol–water partition coefficient (Wildman–Crippen LogP) is 3.39. The minimum Gasteiger partial charge on any atom is -0.493 e. The van der Waals surface area contributed by atoms with Crippen LogP contribution in [0.3, 0.4) is 0 Å². The fourth-order valence-electron chi connectivity index (χ4n) is 0.919. The third-order valence-corrected chi connectivity index (χ3v) is 1.95. The van der Waals surface area contributed by atoms with Gasteiger partial charge in [0.1, 0.15) is 5.75 Å². The Morgan fingerprint density at radius 3 is 2.38 bits per heavy atom. The van der Waals surface area contributed by atoms with Crippen molar-refractivity contribution in [2.24, 2.45) is 0 Å². The van der Waals surface area contributed by atoms with E-state index in [2.05, 4.69) is 4.74 Å². The van der Waals surface area contributed by atoms with E-state index in [0.29, 0.717) is 22.9 Å². The molecule has 0 aliphatic heterocycles. The molecule has 1 N–H and O–H groups in total. The van der Waals surface area contributed by atoms with E-state index in [9.17, 15) is 0 Å². The normalized spacial score (nSPS) is 9.00. The molecule has 1 rings (SSSR count). The van der Waals surface area contributed by atoms with E-state index < -0.39 is 0 Å². The molecule has 90 valence electrons. The second-order valence-corrected chi connectivity index (χ2v) is 3.27. The number of methoxy groups -OCH3 is 1. The zero-order valence-corrected chi connectivity index (χ0v) is 10.7. The average molecular weight is 244 g/mol. The summed E-state index contributed by atoms with van der Waals surface area (Å²) in [4.78, 5) is 0. The number of benzene rings is 1. The Kier molecular flexibility index (Phi) is 8.58. The highest BCUT2D eigenvalue weighted by molar-refractivity contribution is 6.30. The Balaban J connectivity index is 0.000000487. The van der Waals surface area contributed by atoms with Crippen LogP contribution in [0.5, 0.6) is 5.75 Å². The minimum absolute atomic E-state index is 0.600. The van der Waals surface area contributed by atoms with Crippen molar-refractivity contribution in [3.8, 4) is 5.75 Å². The average Bonchev–Trinajstić information content (AvgIpc) is 2.32. The Labute approximate surface area is 102 Å². The van der Waals surface area contributed by atoms with Crippen LogP contribution in [-0.2, 0) is 4.74 Å². The summed E-state index contributed by atoms with van der Waals surface area (Å²) >= 11 is 5.74. The number of ether oxygens (including phenoxy) is 2. The van der Waals surface area contributed by atoms with Gasteiger partial charge in [-0.05, 0) is 32.0 Å². The predicted molar refractivity (Wildman–Crippen MR) is 68.1 cm³/mol. The first-order valence-electron chi connectivity index (χ1n) is 5.11. The molecule has 0 unspecified atom stereocenters. The van der Waals surface area contributed by atoms with Gasteiger partial charge in [-0.2, -0.15) is 0 Å². The molecular weight excluding hydrogens is 226 g/mol. The highest BCUT2D eigenvalue weighted by Crippen LogP contribution is 2.20. The quantitative estimate of drug-likeness (QED) is 0.824. The van der Waals surface area contributed by atoms with Crippen LogP contribution in [0.2, 0.25) is 5.02 Å². The fourth-order valence-corrected chi connectivity index (χ4v) is 1.10. The first-order valence-corrected chi connectivity index (χ1v) is 5.49. The molecule has 0 fully saturated rings. The minimum atomic E-state index is 0.600. The first kappa shape index (κ1) is 14.9. The number of nitrogens with one attached hydrogen (secondary N) is 1. The van der Waals surface area contributed by atoms with Crippen molar-refractivity contribution in [3.63, 3.8) is 0 Å². The van der Waals surface area contributed by atoms with Gasteiger partial charge in [-0.1, -0.05) is 11.6 Å². The molecule has 0 aliphatic rings. The van der Waals surface area contributed by atoms with Gasteiger partial charge in [0.2, 0.25) is 0 Å². The zero-order chi connectivity index (χ0) is 12.4. The van der Waals surface area contributed by atoms with Gasteiger partial charge in [0, 0.05) is 30.5 Å². The number of hydrogen-bond donors (Lipinski definition) is 1. The number of hydrogen-bond acceptors (Lipinski definition) is 3. The van der Waals surface area contributed by atoms with Gasteiger partial charge >= 0.3 is 0 Å². The van der Waals surface area contributed by atoms with E-state index in [1.807, 2.05) is 13.8 Å². The van der Waals surface area contributed by atoms with Crippen molar-refractivity contribution >= 4 is 17.8 Å². The fraction of sp³-hybridized carbons (Fsp3) is 0.417. The van der Waals surface area contributed by atoms with Crippen LogP contribution < -0.4 is 4.74 Å². The van der Waals surface area contributed by atoms with Gasteiger partial charge in [0.25, 0.3) is 0 Å². The van der Waals surface area contributed by atoms with Gasteiger partial charge in [-0.15, -0.1) is 0 Å². The molecule has 0 radical (unpaired) electrons. The molecule has 0 saturated carbocycles. The van der Waals surface area contributed by atoms with Crippen LogP contribution in [0.25, 0.3) is 0 Å². The van der Waals surface area contributed by atoms with E-state index in [4.69, 9.17) is 21.7 Å². The molecule has 1 aromatic carbocycles. The monoisotopic (exact) mass is 243 g/mol. The molecule has 0 atom stereocenters. The van der Waals surface area contributed by atoms with Crippen LogP contribution in [0, 0.1) is 5.41 Å². The van der Waals surface area contributed by atoms with Crippen molar-refractivity contribution in [3.05, 3.63) is 28.8 Å². The SMILES string of the molecule is CCOC.CCOc1ccc(Cl)cc1C=N. The molecule has 1 aromatic rings. The van der Waals surface area contributed by atoms with Gasteiger partial charge in [-0.25, -0.2) is 0 Å². The largest absolute Gasteiger partial charge is 0.493 e. The van der Waals surface area contributed by atoms with Crippen LogP contribution in [0.15, 0.2) is 18.2 Å².